The quantitative estimate of drug-likeness (QED) is 0.796. The Morgan fingerprint density at radius 3 is 2.25 bits per heavy atom. The maximum atomic E-state index is 13.0. The molecule has 2 rings (SSSR count). The molecule has 0 saturated carbocycles. The average molecular weight is 280 g/mol. The molecule has 0 N–H and O–H groups in total. The Morgan fingerprint density at radius 2 is 1.70 bits per heavy atom. The molecular formula is C15H11F3O2. The number of alkyl halides is 3. The van der Waals surface area contributed by atoms with E-state index in [9.17, 15) is 18.0 Å². The summed E-state index contributed by atoms with van der Waals surface area (Å²) in [6.07, 6.45) is -4.59. The molecule has 104 valence electrons. The topological polar surface area (TPSA) is 26.3 Å². The van der Waals surface area contributed by atoms with Crippen molar-refractivity contribution in [3.05, 3.63) is 65.2 Å². The number of hydrogen-bond acceptors (Lipinski definition) is 2. The van der Waals surface area contributed by atoms with Gasteiger partial charge in [-0.2, -0.15) is 13.2 Å². The minimum absolute atomic E-state index is 0.200. The van der Waals surface area contributed by atoms with Gasteiger partial charge in [-0.3, -0.25) is 4.79 Å². The molecule has 0 fully saturated rings. The Hall–Kier alpha value is -2.30. The van der Waals surface area contributed by atoms with Crippen molar-refractivity contribution in [1.29, 1.82) is 0 Å². The zero-order chi connectivity index (χ0) is 14.8. The number of carbonyl (C=O) groups is 1. The van der Waals surface area contributed by atoms with E-state index in [1.807, 2.05) is 0 Å². The molecule has 0 saturated heterocycles. The summed E-state index contributed by atoms with van der Waals surface area (Å²) in [5.41, 5.74) is -1.18. The minimum atomic E-state index is -4.59. The molecule has 0 radical (unpaired) electrons. The van der Waals surface area contributed by atoms with Crippen LogP contribution in [0.4, 0.5) is 13.2 Å². The van der Waals surface area contributed by atoms with Crippen molar-refractivity contribution in [3.63, 3.8) is 0 Å². The van der Waals surface area contributed by atoms with Crippen molar-refractivity contribution in [1.82, 2.24) is 0 Å². The monoisotopic (exact) mass is 280 g/mol. The predicted octanol–water partition coefficient (Wildman–Crippen LogP) is 3.95. The Balaban J connectivity index is 2.56. The van der Waals surface area contributed by atoms with E-state index in [4.69, 9.17) is 4.74 Å². The maximum absolute atomic E-state index is 13.0. The summed E-state index contributed by atoms with van der Waals surface area (Å²) < 4.78 is 43.8. The lowest BCUT2D eigenvalue weighted by Gasteiger charge is -2.13. The van der Waals surface area contributed by atoms with Crippen LogP contribution in [0.5, 0.6) is 5.75 Å². The first-order chi connectivity index (χ1) is 9.43. The normalized spacial score (nSPS) is 11.2. The van der Waals surface area contributed by atoms with Crippen LogP contribution in [0.25, 0.3) is 0 Å². The molecule has 0 aliphatic heterocycles. The fourth-order valence-corrected chi connectivity index (χ4v) is 1.83. The highest BCUT2D eigenvalue weighted by molar-refractivity contribution is 6.10. The third kappa shape index (κ3) is 2.82. The number of methoxy groups -OCH3 is 1. The lowest BCUT2D eigenvalue weighted by molar-refractivity contribution is -0.137. The largest absolute Gasteiger partial charge is 0.497 e. The standard InChI is InChI=1S/C15H11F3O2/c1-20-11-7-8-13(15(16,17)18)12(9-11)14(19)10-5-3-2-4-6-10/h2-9H,1H3. The van der Waals surface area contributed by atoms with E-state index in [2.05, 4.69) is 0 Å². The van der Waals surface area contributed by atoms with Crippen molar-refractivity contribution in [2.45, 2.75) is 6.18 Å². The maximum Gasteiger partial charge on any atom is 0.417 e. The predicted molar refractivity (Wildman–Crippen MR) is 67.9 cm³/mol. The Kier molecular flexibility index (Phi) is 3.79. The van der Waals surface area contributed by atoms with Gasteiger partial charge in [0.1, 0.15) is 5.75 Å². The third-order valence-electron chi connectivity index (χ3n) is 2.81. The molecule has 20 heavy (non-hydrogen) atoms. The molecule has 0 atom stereocenters. The first kappa shape index (κ1) is 14.1. The van der Waals surface area contributed by atoms with Gasteiger partial charge in [-0.25, -0.2) is 0 Å². The van der Waals surface area contributed by atoms with E-state index in [-0.39, 0.29) is 11.3 Å². The van der Waals surface area contributed by atoms with Gasteiger partial charge in [-0.05, 0) is 18.2 Å². The van der Waals surface area contributed by atoms with E-state index in [1.54, 1.807) is 18.2 Å². The number of hydrogen-bond donors (Lipinski definition) is 0. The minimum Gasteiger partial charge on any atom is -0.497 e. The van der Waals surface area contributed by atoms with E-state index >= 15 is 0 Å². The first-order valence-corrected chi connectivity index (χ1v) is 5.78. The van der Waals surface area contributed by atoms with Crippen LogP contribution in [-0.4, -0.2) is 12.9 Å². The van der Waals surface area contributed by atoms with Gasteiger partial charge >= 0.3 is 6.18 Å². The molecule has 0 spiro atoms. The van der Waals surface area contributed by atoms with Crippen LogP contribution in [0.15, 0.2) is 48.5 Å². The smallest absolute Gasteiger partial charge is 0.417 e. The Labute approximate surface area is 113 Å². The molecule has 0 amide bonds. The van der Waals surface area contributed by atoms with Crippen LogP contribution in [0.1, 0.15) is 21.5 Å². The highest BCUT2D eigenvalue weighted by Crippen LogP contribution is 2.34. The number of rotatable bonds is 3. The summed E-state index contributed by atoms with van der Waals surface area (Å²) in [6.45, 7) is 0. The van der Waals surface area contributed by atoms with Crippen LogP contribution in [0, 0.1) is 0 Å². The number of carbonyl (C=O) groups excluding carboxylic acids is 1. The fourth-order valence-electron chi connectivity index (χ4n) is 1.83. The van der Waals surface area contributed by atoms with E-state index in [0.29, 0.717) is 0 Å². The zero-order valence-electron chi connectivity index (χ0n) is 10.6. The van der Waals surface area contributed by atoms with Crippen LogP contribution in [0.3, 0.4) is 0 Å². The molecule has 0 aliphatic rings. The van der Waals surface area contributed by atoms with Crippen LogP contribution < -0.4 is 4.74 Å². The number of benzene rings is 2. The summed E-state index contributed by atoms with van der Waals surface area (Å²) in [5.74, 6) is -0.478. The molecule has 0 bridgehead atoms. The molecule has 2 nitrogen and oxygen atoms in total. The Bertz CT molecular complexity index is 619. The second kappa shape index (κ2) is 5.36. The van der Waals surface area contributed by atoms with Crippen molar-refractivity contribution < 1.29 is 22.7 Å². The van der Waals surface area contributed by atoms with Crippen molar-refractivity contribution in [2.24, 2.45) is 0 Å². The summed E-state index contributed by atoms with van der Waals surface area (Å²) >= 11 is 0. The van der Waals surface area contributed by atoms with Gasteiger partial charge in [0.2, 0.25) is 0 Å². The molecule has 0 heterocycles. The lowest BCUT2D eigenvalue weighted by Crippen LogP contribution is -2.14. The number of ketones is 1. The third-order valence-corrected chi connectivity index (χ3v) is 2.81. The van der Waals surface area contributed by atoms with Gasteiger partial charge < -0.3 is 4.74 Å². The van der Waals surface area contributed by atoms with E-state index in [0.717, 1.165) is 12.1 Å². The summed E-state index contributed by atoms with van der Waals surface area (Å²) in [6, 6.07) is 11.0. The van der Waals surface area contributed by atoms with Gasteiger partial charge in [0.15, 0.2) is 5.78 Å². The molecule has 2 aromatic rings. The molecule has 2 aromatic carbocycles. The van der Waals surface area contributed by atoms with Crippen molar-refractivity contribution >= 4 is 5.78 Å². The highest BCUT2D eigenvalue weighted by Gasteiger charge is 2.35. The van der Waals surface area contributed by atoms with Crippen molar-refractivity contribution in [3.8, 4) is 5.75 Å². The summed E-state index contributed by atoms with van der Waals surface area (Å²) in [7, 11) is 1.33. The van der Waals surface area contributed by atoms with Gasteiger partial charge in [0, 0.05) is 11.1 Å². The Morgan fingerprint density at radius 1 is 1.05 bits per heavy atom. The van der Waals surface area contributed by atoms with Gasteiger partial charge in [-0.1, -0.05) is 30.3 Å². The SMILES string of the molecule is COc1ccc(C(F)(F)F)c(C(=O)c2ccccc2)c1. The van der Waals surface area contributed by atoms with Gasteiger partial charge in [0.05, 0.1) is 12.7 Å². The van der Waals surface area contributed by atoms with Crippen molar-refractivity contribution in [2.75, 3.05) is 7.11 Å². The van der Waals surface area contributed by atoms with E-state index < -0.39 is 23.1 Å². The van der Waals surface area contributed by atoms with Gasteiger partial charge in [-0.15, -0.1) is 0 Å². The average Bonchev–Trinajstić information content (AvgIpc) is 2.45. The molecule has 0 unspecified atom stereocenters. The van der Waals surface area contributed by atoms with E-state index in [1.165, 1.54) is 25.3 Å². The molecular weight excluding hydrogens is 269 g/mol. The number of halogens is 3. The molecule has 0 aromatic heterocycles. The first-order valence-electron chi connectivity index (χ1n) is 5.78. The van der Waals surface area contributed by atoms with Crippen LogP contribution in [0.2, 0.25) is 0 Å². The second-order valence-electron chi connectivity index (χ2n) is 4.10. The number of ether oxygens (including phenoxy) is 1. The summed E-state index contributed by atoms with van der Waals surface area (Å²) in [4.78, 5) is 12.2. The summed E-state index contributed by atoms with van der Waals surface area (Å²) in [5, 5.41) is 0. The van der Waals surface area contributed by atoms with Crippen LogP contribution >= 0.6 is 0 Å². The van der Waals surface area contributed by atoms with Crippen LogP contribution in [-0.2, 0) is 6.18 Å². The fraction of sp³-hybridized carbons (Fsp3) is 0.133. The lowest BCUT2D eigenvalue weighted by atomic mass is 9.97. The zero-order valence-corrected chi connectivity index (χ0v) is 10.6. The molecule has 5 heteroatoms. The highest BCUT2D eigenvalue weighted by atomic mass is 19.4. The van der Waals surface area contributed by atoms with Gasteiger partial charge in [0.25, 0.3) is 0 Å². The molecule has 0 aliphatic carbocycles. The second-order valence-corrected chi connectivity index (χ2v) is 4.10.